The van der Waals surface area contributed by atoms with E-state index in [1.165, 1.54) is 44.6 Å². The standard InChI is InChI=1S/C24H32N4O3/c1-18-16-23(28(30)31)25-26(18)17-19-12-14-20(15-13-19)24(29)27(21-8-4-2-5-9-21)22-10-6-3-7-11-22/h12-16,21-22H,2-11,17H2,1H3. The second-order valence-electron chi connectivity index (χ2n) is 9.05. The molecular formula is C24H32N4O3. The number of benzene rings is 1. The van der Waals surface area contributed by atoms with E-state index >= 15 is 0 Å². The second kappa shape index (κ2) is 9.62. The summed E-state index contributed by atoms with van der Waals surface area (Å²) in [7, 11) is 0. The largest absolute Gasteiger partial charge is 0.390 e. The van der Waals surface area contributed by atoms with Gasteiger partial charge in [-0.05, 0) is 55.2 Å². The first-order chi connectivity index (χ1) is 15.0. The molecule has 2 saturated carbocycles. The van der Waals surface area contributed by atoms with Gasteiger partial charge in [0, 0.05) is 17.6 Å². The molecular weight excluding hydrogens is 392 g/mol. The zero-order chi connectivity index (χ0) is 21.8. The first-order valence-corrected chi connectivity index (χ1v) is 11.6. The minimum absolute atomic E-state index is 0.139. The lowest BCUT2D eigenvalue weighted by Crippen LogP contribution is -2.48. The Morgan fingerprint density at radius 2 is 1.58 bits per heavy atom. The number of hydrogen-bond donors (Lipinski definition) is 0. The molecule has 1 aromatic heterocycles. The van der Waals surface area contributed by atoms with Crippen LogP contribution in [0.15, 0.2) is 30.3 Å². The first kappa shape index (κ1) is 21.5. The smallest absolute Gasteiger partial charge is 0.358 e. The van der Waals surface area contributed by atoms with Crippen molar-refractivity contribution in [3.05, 3.63) is 57.3 Å². The summed E-state index contributed by atoms with van der Waals surface area (Å²) in [5, 5.41) is 15.0. The van der Waals surface area contributed by atoms with E-state index in [0.29, 0.717) is 18.6 Å². The summed E-state index contributed by atoms with van der Waals surface area (Å²) in [5.41, 5.74) is 2.45. The quantitative estimate of drug-likeness (QED) is 0.468. The van der Waals surface area contributed by atoms with E-state index < -0.39 is 4.92 Å². The van der Waals surface area contributed by atoms with Gasteiger partial charge >= 0.3 is 5.82 Å². The number of carbonyl (C=O) groups excluding carboxylic acids is 1. The van der Waals surface area contributed by atoms with Crippen LogP contribution < -0.4 is 0 Å². The van der Waals surface area contributed by atoms with Crippen LogP contribution in [0.2, 0.25) is 0 Å². The second-order valence-corrected chi connectivity index (χ2v) is 9.05. The Labute approximate surface area is 183 Å². The number of carbonyl (C=O) groups is 1. The molecule has 0 aliphatic heterocycles. The molecule has 2 aromatic rings. The molecule has 0 unspecified atom stereocenters. The highest BCUT2D eigenvalue weighted by Crippen LogP contribution is 2.31. The number of rotatable bonds is 6. The predicted octanol–water partition coefficient (Wildman–Crippen LogP) is 5.26. The molecule has 1 amide bonds. The number of nitrogens with zero attached hydrogens (tertiary/aromatic N) is 4. The Morgan fingerprint density at radius 1 is 1.03 bits per heavy atom. The molecule has 166 valence electrons. The number of aromatic nitrogens is 2. The Hall–Kier alpha value is -2.70. The minimum Gasteiger partial charge on any atom is -0.358 e. The zero-order valence-electron chi connectivity index (χ0n) is 18.3. The van der Waals surface area contributed by atoms with Crippen molar-refractivity contribution in [3.8, 4) is 0 Å². The topological polar surface area (TPSA) is 81.3 Å². The van der Waals surface area contributed by atoms with Gasteiger partial charge in [-0.3, -0.25) is 4.79 Å². The highest BCUT2D eigenvalue weighted by atomic mass is 16.6. The number of hydrogen-bond acceptors (Lipinski definition) is 4. The molecule has 0 saturated heterocycles. The summed E-state index contributed by atoms with van der Waals surface area (Å²) in [6.07, 6.45) is 11.9. The monoisotopic (exact) mass is 424 g/mol. The average molecular weight is 425 g/mol. The maximum Gasteiger partial charge on any atom is 0.390 e. The van der Waals surface area contributed by atoms with Crippen molar-refractivity contribution >= 4 is 11.7 Å². The molecule has 0 atom stereocenters. The maximum atomic E-state index is 13.6. The van der Waals surface area contributed by atoms with Crippen molar-refractivity contribution in [2.45, 2.75) is 89.8 Å². The molecule has 1 aromatic carbocycles. The summed E-state index contributed by atoms with van der Waals surface area (Å²) in [6.45, 7) is 2.26. The first-order valence-electron chi connectivity index (χ1n) is 11.6. The Kier molecular flexibility index (Phi) is 6.68. The van der Waals surface area contributed by atoms with E-state index in [1.54, 1.807) is 4.68 Å². The lowest BCUT2D eigenvalue weighted by Gasteiger charge is -2.42. The van der Waals surface area contributed by atoms with Crippen LogP contribution >= 0.6 is 0 Å². The summed E-state index contributed by atoms with van der Waals surface area (Å²) in [4.78, 5) is 26.3. The normalized spacial score (nSPS) is 18.1. The molecule has 0 radical (unpaired) electrons. The van der Waals surface area contributed by atoms with E-state index in [2.05, 4.69) is 10.00 Å². The summed E-state index contributed by atoms with van der Waals surface area (Å²) < 4.78 is 1.63. The lowest BCUT2D eigenvalue weighted by molar-refractivity contribution is -0.389. The number of amides is 1. The van der Waals surface area contributed by atoms with Crippen LogP contribution in [0.3, 0.4) is 0 Å². The van der Waals surface area contributed by atoms with Gasteiger partial charge in [0.25, 0.3) is 5.91 Å². The third kappa shape index (κ3) is 4.97. The van der Waals surface area contributed by atoms with Crippen molar-refractivity contribution in [2.75, 3.05) is 0 Å². The van der Waals surface area contributed by atoms with Crippen LogP contribution in [-0.2, 0) is 6.54 Å². The van der Waals surface area contributed by atoms with Crippen molar-refractivity contribution in [1.82, 2.24) is 14.7 Å². The van der Waals surface area contributed by atoms with Crippen molar-refractivity contribution in [3.63, 3.8) is 0 Å². The molecule has 7 nitrogen and oxygen atoms in total. The highest BCUT2D eigenvalue weighted by Gasteiger charge is 2.33. The van der Waals surface area contributed by atoms with Crippen LogP contribution in [0.25, 0.3) is 0 Å². The molecule has 0 spiro atoms. The summed E-state index contributed by atoms with van der Waals surface area (Å²) in [5.74, 6) is 0.0242. The third-order valence-corrected chi connectivity index (χ3v) is 6.86. The van der Waals surface area contributed by atoms with Crippen molar-refractivity contribution < 1.29 is 9.72 Å². The Bertz CT molecular complexity index is 891. The van der Waals surface area contributed by atoms with Crippen LogP contribution in [0.1, 0.15) is 85.8 Å². The SMILES string of the molecule is Cc1cc([N+](=O)[O-])nn1Cc1ccc(C(=O)N(C2CCCCC2)C2CCCCC2)cc1. The van der Waals surface area contributed by atoms with E-state index in [4.69, 9.17) is 0 Å². The average Bonchev–Trinajstić information content (AvgIpc) is 3.16. The minimum atomic E-state index is -0.476. The van der Waals surface area contributed by atoms with E-state index in [9.17, 15) is 14.9 Å². The van der Waals surface area contributed by atoms with Crippen LogP contribution in [0.4, 0.5) is 5.82 Å². The summed E-state index contributed by atoms with van der Waals surface area (Å²) in [6, 6.07) is 9.92. The van der Waals surface area contributed by atoms with Gasteiger partial charge in [-0.15, -0.1) is 0 Å². The molecule has 7 heteroatoms. The van der Waals surface area contributed by atoms with Gasteiger partial charge in [0.2, 0.25) is 0 Å². The van der Waals surface area contributed by atoms with Crippen LogP contribution in [0.5, 0.6) is 0 Å². The van der Waals surface area contributed by atoms with Crippen LogP contribution in [0, 0.1) is 17.0 Å². The fourth-order valence-electron chi connectivity index (χ4n) is 5.16. The van der Waals surface area contributed by atoms with E-state index in [1.807, 2.05) is 31.2 Å². The highest BCUT2D eigenvalue weighted by molar-refractivity contribution is 5.94. The molecule has 2 aliphatic carbocycles. The molecule has 31 heavy (non-hydrogen) atoms. The van der Waals surface area contributed by atoms with Crippen molar-refractivity contribution in [2.24, 2.45) is 0 Å². The molecule has 0 N–H and O–H groups in total. The molecule has 2 fully saturated rings. The van der Waals surface area contributed by atoms with Crippen molar-refractivity contribution in [1.29, 1.82) is 0 Å². The van der Waals surface area contributed by atoms with Gasteiger partial charge in [-0.2, -0.15) is 4.68 Å². The lowest BCUT2D eigenvalue weighted by atomic mass is 9.88. The number of nitro groups is 1. The maximum absolute atomic E-state index is 13.6. The predicted molar refractivity (Wildman–Crippen MR) is 119 cm³/mol. The van der Waals surface area contributed by atoms with E-state index in [-0.39, 0.29) is 11.7 Å². The molecule has 0 bridgehead atoms. The molecule has 4 rings (SSSR count). The fourth-order valence-corrected chi connectivity index (χ4v) is 5.16. The van der Waals surface area contributed by atoms with Crippen LogP contribution in [-0.4, -0.2) is 37.6 Å². The molecule has 2 aliphatic rings. The van der Waals surface area contributed by atoms with Gasteiger partial charge in [0.05, 0.1) is 23.4 Å². The Balaban J connectivity index is 1.50. The van der Waals surface area contributed by atoms with Gasteiger partial charge < -0.3 is 15.0 Å². The fraction of sp³-hybridized carbons (Fsp3) is 0.583. The van der Waals surface area contributed by atoms with Gasteiger partial charge in [-0.25, -0.2) is 0 Å². The third-order valence-electron chi connectivity index (χ3n) is 6.86. The number of aryl methyl sites for hydroxylation is 1. The Morgan fingerprint density at radius 3 is 2.06 bits per heavy atom. The van der Waals surface area contributed by atoms with E-state index in [0.717, 1.165) is 42.5 Å². The zero-order valence-corrected chi connectivity index (χ0v) is 18.3. The summed E-state index contributed by atoms with van der Waals surface area (Å²) >= 11 is 0. The molecule has 1 heterocycles. The van der Waals surface area contributed by atoms with Gasteiger partial charge in [-0.1, -0.05) is 50.7 Å². The van der Waals surface area contributed by atoms with Gasteiger partial charge in [0.1, 0.15) is 0 Å². The van der Waals surface area contributed by atoms with Gasteiger partial charge in [0.15, 0.2) is 0 Å².